The summed E-state index contributed by atoms with van der Waals surface area (Å²) < 4.78 is 1.84. The third kappa shape index (κ3) is 4.40. The minimum atomic E-state index is -0.977. The number of hydrogen-bond acceptors (Lipinski definition) is 5. The molecule has 31 heavy (non-hydrogen) atoms. The second kappa shape index (κ2) is 8.55. The maximum Gasteiger partial charge on any atom is 0.254 e. The van der Waals surface area contributed by atoms with Crippen LogP contribution in [0.1, 0.15) is 48.9 Å². The van der Waals surface area contributed by atoms with Crippen molar-refractivity contribution in [3.63, 3.8) is 0 Å². The summed E-state index contributed by atoms with van der Waals surface area (Å²) >= 11 is 0. The van der Waals surface area contributed by atoms with Gasteiger partial charge in [0, 0.05) is 6.20 Å². The van der Waals surface area contributed by atoms with E-state index in [1.54, 1.807) is 24.3 Å². The van der Waals surface area contributed by atoms with Crippen LogP contribution in [0.15, 0.2) is 48.7 Å². The summed E-state index contributed by atoms with van der Waals surface area (Å²) in [5, 5.41) is 16.8. The molecule has 9 nitrogen and oxygen atoms in total. The molecule has 3 amide bonds. The second-order valence-corrected chi connectivity index (χ2v) is 8.00. The minimum Gasteiger partial charge on any atom is -0.346 e. The molecule has 9 heteroatoms. The van der Waals surface area contributed by atoms with Crippen LogP contribution in [-0.4, -0.2) is 38.4 Å². The van der Waals surface area contributed by atoms with Crippen molar-refractivity contribution < 1.29 is 14.4 Å². The Morgan fingerprint density at radius 2 is 1.90 bits per heavy atom. The molecule has 1 aliphatic rings. The van der Waals surface area contributed by atoms with Gasteiger partial charge in [0.25, 0.3) is 5.91 Å². The first-order valence-corrected chi connectivity index (χ1v) is 10.2. The van der Waals surface area contributed by atoms with Crippen molar-refractivity contribution in [1.29, 1.82) is 0 Å². The Hall–Kier alpha value is -3.75. The van der Waals surface area contributed by atoms with E-state index in [0.29, 0.717) is 29.1 Å². The van der Waals surface area contributed by atoms with E-state index in [1.165, 1.54) is 0 Å². The molecule has 0 saturated heterocycles. The van der Waals surface area contributed by atoms with Gasteiger partial charge >= 0.3 is 0 Å². The zero-order valence-corrected chi connectivity index (χ0v) is 17.3. The summed E-state index contributed by atoms with van der Waals surface area (Å²) in [4.78, 5) is 38.0. The molecular formula is C22H24N6O3. The number of hydrogen-bond donors (Lipinski definition) is 3. The number of benzene rings is 1. The Kier molecular flexibility index (Phi) is 5.66. The predicted octanol–water partition coefficient (Wildman–Crippen LogP) is 2.07. The van der Waals surface area contributed by atoms with Crippen LogP contribution in [-0.2, 0) is 9.59 Å². The average Bonchev–Trinajstić information content (AvgIpc) is 3.12. The molecular weight excluding hydrogens is 396 g/mol. The van der Waals surface area contributed by atoms with Crippen LogP contribution in [0.4, 0.5) is 5.69 Å². The summed E-state index contributed by atoms with van der Waals surface area (Å²) in [6.07, 6.45) is 2.31. The molecule has 1 aromatic carbocycles. The van der Waals surface area contributed by atoms with Gasteiger partial charge in [0.15, 0.2) is 11.5 Å². The van der Waals surface area contributed by atoms with Crippen molar-refractivity contribution in [3.05, 3.63) is 60.0 Å². The van der Waals surface area contributed by atoms with Gasteiger partial charge in [0.05, 0.1) is 23.7 Å². The Balaban J connectivity index is 1.50. The Labute approximate surface area is 179 Å². The van der Waals surface area contributed by atoms with E-state index in [2.05, 4.69) is 40.0 Å². The normalized spacial score (nSPS) is 16.9. The zero-order valence-electron chi connectivity index (χ0n) is 17.3. The Morgan fingerprint density at radius 3 is 2.71 bits per heavy atom. The van der Waals surface area contributed by atoms with Crippen LogP contribution < -0.4 is 16.0 Å². The quantitative estimate of drug-likeness (QED) is 0.564. The Morgan fingerprint density at radius 1 is 1.13 bits per heavy atom. The fraction of sp³-hybridized carbons (Fsp3) is 0.318. The molecule has 3 N–H and O–H groups in total. The van der Waals surface area contributed by atoms with Crippen LogP contribution in [0.3, 0.4) is 0 Å². The number of nitrogens with zero attached hydrogens (tertiary/aromatic N) is 3. The van der Waals surface area contributed by atoms with E-state index in [-0.39, 0.29) is 24.3 Å². The predicted molar refractivity (Wildman–Crippen MR) is 114 cm³/mol. The molecule has 0 spiro atoms. The van der Waals surface area contributed by atoms with Gasteiger partial charge in [-0.3, -0.25) is 18.8 Å². The lowest BCUT2D eigenvalue weighted by Crippen LogP contribution is -2.45. The van der Waals surface area contributed by atoms with Crippen molar-refractivity contribution in [3.8, 4) is 0 Å². The van der Waals surface area contributed by atoms with Crippen molar-refractivity contribution in [2.24, 2.45) is 5.92 Å². The highest BCUT2D eigenvalue weighted by Gasteiger charge is 2.30. The number of rotatable bonds is 6. The number of carbonyl (C=O) groups excluding carboxylic acids is 3. The third-order valence-corrected chi connectivity index (χ3v) is 5.13. The van der Waals surface area contributed by atoms with E-state index in [9.17, 15) is 14.4 Å². The highest BCUT2D eigenvalue weighted by Crippen LogP contribution is 2.22. The smallest absolute Gasteiger partial charge is 0.254 e. The summed E-state index contributed by atoms with van der Waals surface area (Å²) in [6, 6.07) is 11.0. The van der Waals surface area contributed by atoms with Gasteiger partial charge in [-0.1, -0.05) is 32.0 Å². The minimum absolute atomic E-state index is 0.184. The molecule has 160 valence electrons. The molecule has 4 rings (SSSR count). The summed E-state index contributed by atoms with van der Waals surface area (Å²) in [7, 11) is 0. The number of pyridine rings is 1. The number of anilines is 1. The summed E-state index contributed by atoms with van der Waals surface area (Å²) in [6.45, 7) is 4.11. The van der Waals surface area contributed by atoms with Crippen molar-refractivity contribution in [2.45, 2.75) is 38.8 Å². The largest absolute Gasteiger partial charge is 0.346 e. The van der Waals surface area contributed by atoms with E-state index in [4.69, 9.17) is 0 Å². The van der Waals surface area contributed by atoms with Gasteiger partial charge in [0.1, 0.15) is 6.04 Å². The molecule has 2 aromatic heterocycles. The van der Waals surface area contributed by atoms with Gasteiger partial charge in [-0.05, 0) is 36.6 Å². The molecule has 3 aromatic rings. The fourth-order valence-corrected chi connectivity index (χ4v) is 3.69. The van der Waals surface area contributed by atoms with Gasteiger partial charge in [0.2, 0.25) is 11.8 Å². The third-order valence-electron chi connectivity index (χ3n) is 5.13. The van der Waals surface area contributed by atoms with E-state index in [0.717, 1.165) is 0 Å². The average molecular weight is 420 g/mol. The molecule has 0 fully saturated rings. The van der Waals surface area contributed by atoms with E-state index in [1.807, 2.05) is 28.8 Å². The van der Waals surface area contributed by atoms with Gasteiger partial charge in [-0.2, -0.15) is 0 Å². The molecule has 0 saturated carbocycles. The lowest BCUT2D eigenvalue weighted by molar-refractivity contribution is -0.126. The van der Waals surface area contributed by atoms with Crippen LogP contribution in [0.5, 0.6) is 0 Å². The Bertz CT molecular complexity index is 1140. The number of fused-ring (bicyclic) bond motifs is 2. The van der Waals surface area contributed by atoms with Crippen LogP contribution in [0.25, 0.3) is 5.65 Å². The standard InChI is InChI=1S/C22H24N6O3/c1-13(2)11-16(20-27-26-18-9-5-6-10-28(18)20)23-19(29)12-17-22(31)24-15-8-4-3-7-14(15)21(30)25-17/h3-10,13,16-17H,11-12H2,1-2H3,(H,23,29)(H,24,31)(H,25,30)/t16-,17+/m0/s1. The number of amides is 3. The highest BCUT2D eigenvalue weighted by atomic mass is 16.2. The van der Waals surface area contributed by atoms with Crippen molar-refractivity contribution in [2.75, 3.05) is 5.32 Å². The monoisotopic (exact) mass is 420 g/mol. The van der Waals surface area contributed by atoms with E-state index >= 15 is 0 Å². The van der Waals surface area contributed by atoms with Crippen LogP contribution in [0, 0.1) is 5.92 Å². The molecule has 3 heterocycles. The first-order chi connectivity index (χ1) is 14.9. The summed E-state index contributed by atoms with van der Waals surface area (Å²) in [5.41, 5.74) is 1.49. The maximum atomic E-state index is 12.9. The topological polar surface area (TPSA) is 117 Å². The summed E-state index contributed by atoms with van der Waals surface area (Å²) in [5.74, 6) is -0.267. The maximum absolute atomic E-state index is 12.9. The van der Waals surface area contributed by atoms with Crippen LogP contribution >= 0.6 is 0 Å². The van der Waals surface area contributed by atoms with Crippen molar-refractivity contribution in [1.82, 2.24) is 25.2 Å². The molecule has 1 aliphatic heterocycles. The molecule has 0 bridgehead atoms. The molecule has 2 atom stereocenters. The van der Waals surface area contributed by atoms with E-state index < -0.39 is 17.9 Å². The second-order valence-electron chi connectivity index (χ2n) is 8.00. The van der Waals surface area contributed by atoms with Gasteiger partial charge < -0.3 is 16.0 Å². The van der Waals surface area contributed by atoms with Crippen LogP contribution in [0.2, 0.25) is 0 Å². The number of para-hydroxylation sites is 1. The lowest BCUT2D eigenvalue weighted by Gasteiger charge is -2.21. The number of carbonyl (C=O) groups is 3. The fourth-order valence-electron chi connectivity index (χ4n) is 3.69. The first-order valence-electron chi connectivity index (χ1n) is 10.2. The molecule has 0 radical (unpaired) electrons. The SMILES string of the molecule is CC(C)C[C@H](NC(=O)C[C@H]1NC(=O)c2ccccc2NC1=O)c1nnc2ccccn12. The number of aromatic nitrogens is 3. The highest BCUT2D eigenvalue weighted by molar-refractivity contribution is 6.10. The lowest BCUT2D eigenvalue weighted by atomic mass is 10.0. The van der Waals surface area contributed by atoms with Gasteiger partial charge in [-0.15, -0.1) is 10.2 Å². The molecule has 0 aliphatic carbocycles. The zero-order chi connectivity index (χ0) is 22.0. The number of nitrogens with one attached hydrogen (secondary N) is 3. The van der Waals surface area contributed by atoms with Crippen molar-refractivity contribution >= 4 is 29.1 Å². The van der Waals surface area contributed by atoms with Gasteiger partial charge in [-0.25, -0.2) is 0 Å². The first kappa shape index (κ1) is 20.5. The molecule has 0 unspecified atom stereocenters.